The highest BCUT2D eigenvalue weighted by Gasteiger charge is 2.20. The van der Waals surface area contributed by atoms with Crippen LogP contribution >= 0.6 is 0 Å². The van der Waals surface area contributed by atoms with Gasteiger partial charge in [-0.1, -0.05) is 42.5 Å². The number of aryl methyl sites for hydroxylation is 1. The normalized spacial score (nSPS) is 12.4. The van der Waals surface area contributed by atoms with Gasteiger partial charge in [0.15, 0.2) is 0 Å². The highest BCUT2D eigenvalue weighted by atomic mass is 32.2. The zero-order valence-corrected chi connectivity index (χ0v) is 16.4. The van der Waals surface area contributed by atoms with Crippen LogP contribution in [0.5, 0.6) is 0 Å². The summed E-state index contributed by atoms with van der Waals surface area (Å²) in [5.41, 5.74) is 1.86. The third kappa shape index (κ3) is 4.82. The molecular formula is C21H21N3O3S. The molecule has 0 aliphatic rings. The molecule has 0 fully saturated rings. The zero-order chi connectivity index (χ0) is 20.1. The summed E-state index contributed by atoms with van der Waals surface area (Å²) in [6, 6.07) is 20.1. The van der Waals surface area contributed by atoms with Gasteiger partial charge in [0.25, 0.3) is 5.91 Å². The maximum atomic E-state index is 12.7. The Morgan fingerprint density at radius 2 is 1.68 bits per heavy atom. The van der Waals surface area contributed by atoms with Crippen LogP contribution in [0.25, 0.3) is 0 Å². The van der Waals surface area contributed by atoms with Gasteiger partial charge in [-0.2, -0.15) is 0 Å². The number of aromatic nitrogens is 1. The summed E-state index contributed by atoms with van der Waals surface area (Å²) in [5.74, 6) is -0.0136. The third-order valence-electron chi connectivity index (χ3n) is 4.17. The molecule has 0 spiro atoms. The van der Waals surface area contributed by atoms with Crippen LogP contribution in [-0.2, 0) is 10.0 Å². The smallest absolute Gasteiger partial charge is 0.256 e. The molecule has 0 bridgehead atoms. The lowest BCUT2D eigenvalue weighted by Gasteiger charge is -2.15. The number of rotatable bonds is 6. The largest absolute Gasteiger partial charge is 0.307 e. The summed E-state index contributed by atoms with van der Waals surface area (Å²) in [5, 5.41) is 2.68. The highest BCUT2D eigenvalue weighted by Crippen LogP contribution is 2.18. The molecule has 3 rings (SSSR count). The fourth-order valence-electron chi connectivity index (χ4n) is 2.72. The van der Waals surface area contributed by atoms with Gasteiger partial charge < -0.3 is 5.32 Å². The van der Waals surface area contributed by atoms with Gasteiger partial charge in [-0.05, 0) is 49.7 Å². The fourth-order valence-corrected chi connectivity index (χ4v) is 3.99. The second-order valence-corrected chi connectivity index (χ2v) is 8.11. The number of sulfonamides is 1. The predicted octanol–water partition coefficient (Wildman–Crippen LogP) is 3.68. The molecule has 0 saturated carbocycles. The topological polar surface area (TPSA) is 88.2 Å². The molecule has 0 aliphatic carbocycles. The Hall–Kier alpha value is -3.03. The molecule has 28 heavy (non-hydrogen) atoms. The molecule has 1 atom stereocenters. The van der Waals surface area contributed by atoms with Gasteiger partial charge in [0, 0.05) is 17.3 Å². The first-order valence-electron chi connectivity index (χ1n) is 8.77. The van der Waals surface area contributed by atoms with Gasteiger partial charge in [0.2, 0.25) is 10.0 Å². The standard InChI is InChI=1S/C21H21N3O3S/c1-15-8-6-13-20(22-15)23-21(25)18-11-7-12-19(14-18)28(26,27)24-16(2)17-9-4-3-5-10-17/h3-14,16,24H,1-2H3,(H,22,23,25). The van der Waals surface area contributed by atoms with Gasteiger partial charge in [0.1, 0.15) is 5.82 Å². The molecule has 1 amide bonds. The molecule has 1 unspecified atom stereocenters. The Balaban J connectivity index is 1.78. The number of pyridine rings is 1. The van der Waals surface area contributed by atoms with Crippen molar-refractivity contribution in [3.63, 3.8) is 0 Å². The van der Waals surface area contributed by atoms with Crippen molar-refractivity contribution in [1.82, 2.24) is 9.71 Å². The second kappa shape index (κ2) is 8.33. The molecule has 0 aliphatic heterocycles. The van der Waals surface area contributed by atoms with Crippen molar-refractivity contribution >= 4 is 21.7 Å². The molecule has 0 saturated heterocycles. The van der Waals surface area contributed by atoms with Gasteiger partial charge in [0.05, 0.1) is 4.90 Å². The van der Waals surface area contributed by atoms with Crippen molar-refractivity contribution in [2.75, 3.05) is 5.32 Å². The van der Waals surface area contributed by atoms with Crippen molar-refractivity contribution in [3.05, 3.63) is 89.6 Å². The summed E-state index contributed by atoms with van der Waals surface area (Å²) in [7, 11) is -3.79. The van der Waals surface area contributed by atoms with E-state index >= 15 is 0 Å². The van der Waals surface area contributed by atoms with Crippen LogP contribution in [0.2, 0.25) is 0 Å². The number of hydrogen-bond donors (Lipinski definition) is 2. The van der Waals surface area contributed by atoms with Crippen LogP contribution in [0.1, 0.15) is 34.6 Å². The maximum absolute atomic E-state index is 12.7. The Morgan fingerprint density at radius 1 is 0.964 bits per heavy atom. The van der Waals surface area contributed by atoms with Gasteiger partial charge in [-0.25, -0.2) is 18.1 Å². The Morgan fingerprint density at radius 3 is 2.39 bits per heavy atom. The van der Waals surface area contributed by atoms with Crippen molar-refractivity contribution in [1.29, 1.82) is 0 Å². The number of anilines is 1. The molecule has 2 N–H and O–H groups in total. The molecule has 2 aromatic carbocycles. The van der Waals surface area contributed by atoms with Crippen LogP contribution in [0.4, 0.5) is 5.82 Å². The van der Waals surface area contributed by atoms with Crippen LogP contribution in [0, 0.1) is 6.92 Å². The zero-order valence-electron chi connectivity index (χ0n) is 15.6. The molecular weight excluding hydrogens is 374 g/mol. The van der Waals surface area contributed by atoms with E-state index in [9.17, 15) is 13.2 Å². The van der Waals surface area contributed by atoms with Gasteiger partial charge in [-0.15, -0.1) is 0 Å². The van der Waals surface area contributed by atoms with Crippen molar-refractivity contribution < 1.29 is 13.2 Å². The summed E-state index contributed by atoms with van der Waals surface area (Å²) in [4.78, 5) is 16.7. The fraction of sp³-hybridized carbons (Fsp3) is 0.143. The third-order valence-corrected chi connectivity index (χ3v) is 5.71. The first-order chi connectivity index (χ1) is 13.3. The molecule has 7 heteroatoms. The first kappa shape index (κ1) is 19.7. The van der Waals surface area contributed by atoms with Crippen molar-refractivity contribution in [3.8, 4) is 0 Å². The van der Waals surface area contributed by atoms with E-state index < -0.39 is 22.0 Å². The Labute approximate surface area is 164 Å². The van der Waals surface area contributed by atoms with Crippen molar-refractivity contribution in [2.45, 2.75) is 24.8 Å². The molecule has 1 heterocycles. The quantitative estimate of drug-likeness (QED) is 0.666. The SMILES string of the molecule is Cc1cccc(NC(=O)c2cccc(S(=O)(=O)NC(C)c3ccccc3)c2)n1. The van der Waals surface area contributed by atoms with E-state index in [0.717, 1.165) is 11.3 Å². The van der Waals surface area contributed by atoms with Crippen molar-refractivity contribution in [2.24, 2.45) is 0 Å². The van der Waals surface area contributed by atoms with E-state index in [1.807, 2.05) is 43.3 Å². The number of carbonyl (C=O) groups is 1. The van der Waals surface area contributed by atoms with Crippen LogP contribution in [0.15, 0.2) is 77.7 Å². The second-order valence-electron chi connectivity index (χ2n) is 6.40. The van der Waals surface area contributed by atoms with Gasteiger partial charge in [-0.3, -0.25) is 4.79 Å². The Bertz CT molecular complexity index is 1080. The summed E-state index contributed by atoms with van der Waals surface area (Å²) >= 11 is 0. The monoisotopic (exact) mass is 395 g/mol. The number of nitrogens with one attached hydrogen (secondary N) is 2. The number of amides is 1. The maximum Gasteiger partial charge on any atom is 0.256 e. The number of nitrogens with zero attached hydrogens (tertiary/aromatic N) is 1. The minimum atomic E-state index is -3.79. The van der Waals surface area contributed by atoms with Crippen LogP contribution in [-0.4, -0.2) is 19.3 Å². The average molecular weight is 395 g/mol. The van der Waals surface area contributed by atoms with E-state index in [1.165, 1.54) is 12.1 Å². The average Bonchev–Trinajstić information content (AvgIpc) is 2.68. The highest BCUT2D eigenvalue weighted by molar-refractivity contribution is 7.89. The predicted molar refractivity (Wildman–Crippen MR) is 109 cm³/mol. The number of benzene rings is 2. The van der Waals surface area contributed by atoms with E-state index in [2.05, 4.69) is 15.0 Å². The molecule has 6 nitrogen and oxygen atoms in total. The summed E-state index contributed by atoms with van der Waals surface area (Å²) < 4.78 is 28.1. The minimum Gasteiger partial charge on any atom is -0.307 e. The van der Waals surface area contributed by atoms with E-state index in [1.54, 1.807) is 31.2 Å². The molecule has 3 aromatic rings. The van der Waals surface area contributed by atoms with E-state index in [-0.39, 0.29) is 10.5 Å². The lowest BCUT2D eigenvalue weighted by Crippen LogP contribution is -2.27. The number of carbonyl (C=O) groups excluding carboxylic acids is 1. The van der Waals surface area contributed by atoms with Crippen LogP contribution in [0.3, 0.4) is 0 Å². The summed E-state index contributed by atoms with van der Waals surface area (Å²) in [6.45, 7) is 3.59. The van der Waals surface area contributed by atoms with E-state index in [0.29, 0.717) is 5.82 Å². The Kier molecular flexibility index (Phi) is 5.87. The lowest BCUT2D eigenvalue weighted by atomic mass is 10.1. The van der Waals surface area contributed by atoms with E-state index in [4.69, 9.17) is 0 Å². The molecule has 144 valence electrons. The minimum absolute atomic E-state index is 0.0279. The molecule has 1 aromatic heterocycles. The summed E-state index contributed by atoms with van der Waals surface area (Å²) in [6.07, 6.45) is 0. The first-order valence-corrected chi connectivity index (χ1v) is 10.3. The van der Waals surface area contributed by atoms with Crippen LogP contribution < -0.4 is 10.0 Å². The molecule has 0 radical (unpaired) electrons. The van der Waals surface area contributed by atoms with Gasteiger partial charge >= 0.3 is 0 Å². The number of hydrogen-bond acceptors (Lipinski definition) is 4. The lowest BCUT2D eigenvalue weighted by molar-refractivity contribution is 0.102.